The van der Waals surface area contributed by atoms with Gasteiger partial charge in [-0.05, 0) is 18.2 Å². The zero-order valence-electron chi connectivity index (χ0n) is 13.1. The van der Waals surface area contributed by atoms with Crippen molar-refractivity contribution in [3.8, 4) is 11.3 Å². The third-order valence-corrected chi connectivity index (χ3v) is 6.25. The van der Waals surface area contributed by atoms with E-state index in [9.17, 15) is 9.00 Å². The molecule has 8 heteroatoms. The Bertz CT molecular complexity index is 858. The number of rotatable bonds is 1. The lowest BCUT2D eigenvalue weighted by Crippen LogP contribution is -2.41. The van der Waals surface area contributed by atoms with Crippen molar-refractivity contribution in [2.45, 2.75) is 10.6 Å². The summed E-state index contributed by atoms with van der Waals surface area (Å²) in [6, 6.07) is 5.70. The molecule has 1 unspecified atom stereocenters. The van der Waals surface area contributed by atoms with Crippen molar-refractivity contribution in [3.63, 3.8) is 0 Å². The van der Waals surface area contributed by atoms with E-state index in [1.807, 2.05) is 25.2 Å². The summed E-state index contributed by atoms with van der Waals surface area (Å²) in [5, 5.41) is 4.47. The van der Waals surface area contributed by atoms with Crippen molar-refractivity contribution in [2.75, 3.05) is 26.3 Å². The summed E-state index contributed by atoms with van der Waals surface area (Å²) in [5.74, 6) is 0.217. The third kappa shape index (κ3) is 2.53. The summed E-state index contributed by atoms with van der Waals surface area (Å²) < 4.78 is 20.6. The van der Waals surface area contributed by atoms with E-state index in [0.717, 1.165) is 26.2 Å². The second-order valence-corrected chi connectivity index (χ2v) is 8.17. The van der Waals surface area contributed by atoms with Crippen LogP contribution in [-0.2, 0) is 28.3 Å². The monoisotopic (exact) mass is 409 g/mol. The predicted molar refractivity (Wildman–Crippen MR) is 93.2 cm³/mol. The molecule has 1 aromatic heterocycles. The van der Waals surface area contributed by atoms with Crippen molar-refractivity contribution in [3.05, 3.63) is 33.9 Å². The second-order valence-electron chi connectivity index (χ2n) is 5.83. The number of halogens is 1. The lowest BCUT2D eigenvalue weighted by Gasteiger charge is -2.26. The number of carbonyl (C=O) groups is 1. The first-order valence-electron chi connectivity index (χ1n) is 7.67. The third-order valence-electron chi connectivity index (χ3n) is 4.36. The molecule has 1 fully saturated rings. The van der Waals surface area contributed by atoms with Gasteiger partial charge >= 0.3 is 0 Å². The number of benzene rings is 1. The molecule has 4 rings (SSSR count). The number of morpholine rings is 1. The van der Waals surface area contributed by atoms with Gasteiger partial charge in [-0.25, -0.2) is 0 Å². The Hall–Kier alpha value is -1.51. The lowest BCUT2D eigenvalue weighted by atomic mass is 10.1. The van der Waals surface area contributed by atoms with Gasteiger partial charge in [-0.1, -0.05) is 15.9 Å². The van der Waals surface area contributed by atoms with E-state index in [1.165, 1.54) is 0 Å². The Morgan fingerprint density at radius 3 is 2.83 bits per heavy atom. The summed E-state index contributed by atoms with van der Waals surface area (Å²) >= 11 is 3.47. The average Bonchev–Trinajstić information content (AvgIpc) is 2.91. The van der Waals surface area contributed by atoms with Gasteiger partial charge in [0.1, 0.15) is 0 Å². The van der Waals surface area contributed by atoms with Crippen molar-refractivity contribution < 1.29 is 13.7 Å². The maximum absolute atomic E-state index is 12.9. The van der Waals surface area contributed by atoms with Crippen LogP contribution in [0.2, 0.25) is 0 Å². The minimum atomic E-state index is -1.17. The van der Waals surface area contributed by atoms with Gasteiger partial charge in [0, 0.05) is 40.6 Å². The highest BCUT2D eigenvalue weighted by atomic mass is 79.9. The Kier molecular flexibility index (Phi) is 4.06. The molecular weight excluding hydrogens is 394 g/mol. The predicted octanol–water partition coefficient (Wildman–Crippen LogP) is 1.94. The summed E-state index contributed by atoms with van der Waals surface area (Å²) in [4.78, 5) is 15.4. The van der Waals surface area contributed by atoms with E-state index in [-0.39, 0.29) is 5.91 Å². The molecule has 2 aliphatic heterocycles. The fraction of sp³-hybridized carbons (Fsp3) is 0.375. The van der Waals surface area contributed by atoms with Crippen LogP contribution < -0.4 is 0 Å². The number of hydrogen-bond donors (Lipinski definition) is 0. The van der Waals surface area contributed by atoms with Crippen molar-refractivity contribution >= 4 is 32.6 Å². The van der Waals surface area contributed by atoms with Crippen LogP contribution >= 0.6 is 15.9 Å². The molecule has 2 aromatic rings. The molecule has 0 N–H and O–H groups in total. The minimum absolute atomic E-state index is 0.106. The first kappa shape index (κ1) is 16.0. The Morgan fingerprint density at radius 2 is 2.08 bits per heavy atom. The quantitative estimate of drug-likeness (QED) is 0.721. The molecule has 1 atom stereocenters. The average molecular weight is 410 g/mol. The molecule has 2 aliphatic rings. The summed E-state index contributed by atoms with van der Waals surface area (Å²) in [6.45, 7) is 2.22. The molecule has 0 bridgehead atoms. The van der Waals surface area contributed by atoms with Crippen LogP contribution in [0.15, 0.2) is 27.6 Å². The van der Waals surface area contributed by atoms with E-state index in [4.69, 9.17) is 4.74 Å². The second kappa shape index (κ2) is 6.09. The Morgan fingerprint density at radius 1 is 1.33 bits per heavy atom. The smallest absolute Gasteiger partial charge is 0.274 e. The normalized spacial score (nSPS) is 19.8. The highest BCUT2D eigenvalue weighted by Gasteiger charge is 2.32. The van der Waals surface area contributed by atoms with Crippen LogP contribution in [0.1, 0.15) is 16.1 Å². The summed E-state index contributed by atoms with van der Waals surface area (Å²) in [5.41, 5.74) is 2.94. The zero-order valence-corrected chi connectivity index (χ0v) is 15.5. The number of aryl methyl sites for hydroxylation is 1. The SMILES string of the molecule is Cn1nc(C(=O)N2CCOCC2)c2c1-c1cc(Br)ccc1S(=O)C2. The number of hydrogen-bond acceptors (Lipinski definition) is 4. The van der Waals surface area contributed by atoms with Gasteiger partial charge in [-0.15, -0.1) is 0 Å². The maximum atomic E-state index is 12.9. The van der Waals surface area contributed by atoms with Crippen LogP contribution in [0, 0.1) is 0 Å². The zero-order chi connectivity index (χ0) is 16.8. The van der Waals surface area contributed by atoms with Crippen molar-refractivity contribution in [1.82, 2.24) is 14.7 Å². The van der Waals surface area contributed by atoms with E-state index < -0.39 is 10.8 Å². The number of ether oxygens (including phenoxy) is 1. The molecule has 1 saturated heterocycles. The maximum Gasteiger partial charge on any atom is 0.274 e. The highest BCUT2D eigenvalue weighted by Crippen LogP contribution is 2.39. The largest absolute Gasteiger partial charge is 0.378 e. The van der Waals surface area contributed by atoms with Gasteiger partial charge in [-0.3, -0.25) is 13.7 Å². The van der Waals surface area contributed by atoms with Gasteiger partial charge in [0.15, 0.2) is 5.69 Å². The van der Waals surface area contributed by atoms with E-state index in [0.29, 0.717) is 37.8 Å². The summed E-state index contributed by atoms with van der Waals surface area (Å²) in [7, 11) is 0.654. The van der Waals surface area contributed by atoms with Crippen LogP contribution in [0.5, 0.6) is 0 Å². The van der Waals surface area contributed by atoms with Gasteiger partial charge in [0.25, 0.3) is 5.91 Å². The van der Waals surface area contributed by atoms with Crippen molar-refractivity contribution in [2.24, 2.45) is 7.05 Å². The molecule has 3 heterocycles. The van der Waals surface area contributed by atoms with Crippen LogP contribution in [0.25, 0.3) is 11.3 Å². The molecule has 0 spiro atoms. The molecule has 0 radical (unpaired) electrons. The number of aromatic nitrogens is 2. The molecular formula is C16H16BrN3O3S. The fourth-order valence-electron chi connectivity index (χ4n) is 3.22. The standard InChI is InChI=1S/C16H16BrN3O3S/c1-19-15-11-8-10(17)2-3-13(11)24(22)9-12(15)14(18-19)16(21)20-4-6-23-7-5-20/h2-3,8H,4-7,9H2,1H3. The lowest BCUT2D eigenvalue weighted by molar-refractivity contribution is 0.0298. The first-order chi connectivity index (χ1) is 11.6. The molecule has 126 valence electrons. The Labute approximate surface area is 150 Å². The highest BCUT2D eigenvalue weighted by molar-refractivity contribution is 9.10. The topological polar surface area (TPSA) is 64.4 Å². The Balaban J connectivity index is 1.83. The number of nitrogens with zero attached hydrogens (tertiary/aromatic N) is 3. The fourth-order valence-corrected chi connectivity index (χ4v) is 4.90. The van der Waals surface area contributed by atoms with Crippen LogP contribution in [0.3, 0.4) is 0 Å². The number of fused-ring (bicyclic) bond motifs is 3. The summed E-state index contributed by atoms with van der Waals surface area (Å²) in [6.07, 6.45) is 0. The van der Waals surface area contributed by atoms with Crippen LogP contribution in [0.4, 0.5) is 0 Å². The first-order valence-corrected chi connectivity index (χ1v) is 9.78. The molecule has 1 aromatic carbocycles. The van der Waals surface area contributed by atoms with Gasteiger partial charge in [-0.2, -0.15) is 5.10 Å². The molecule has 24 heavy (non-hydrogen) atoms. The van der Waals surface area contributed by atoms with E-state index >= 15 is 0 Å². The molecule has 6 nitrogen and oxygen atoms in total. The van der Waals surface area contributed by atoms with E-state index in [1.54, 1.807) is 9.58 Å². The van der Waals surface area contributed by atoms with Crippen molar-refractivity contribution in [1.29, 1.82) is 0 Å². The molecule has 0 aliphatic carbocycles. The number of amides is 1. The van der Waals surface area contributed by atoms with Crippen LogP contribution in [-0.4, -0.2) is 51.1 Å². The number of carbonyl (C=O) groups excluding carboxylic acids is 1. The molecule has 1 amide bonds. The van der Waals surface area contributed by atoms with Gasteiger partial charge in [0.2, 0.25) is 0 Å². The van der Waals surface area contributed by atoms with E-state index in [2.05, 4.69) is 21.0 Å². The van der Waals surface area contributed by atoms with Gasteiger partial charge in [0.05, 0.1) is 35.5 Å². The minimum Gasteiger partial charge on any atom is -0.378 e. The van der Waals surface area contributed by atoms with Gasteiger partial charge < -0.3 is 9.64 Å². The molecule has 0 saturated carbocycles.